The zero-order valence-electron chi connectivity index (χ0n) is 16.4. The Hall–Kier alpha value is -2.84. The number of benzene rings is 2. The average Bonchev–Trinajstić information content (AvgIpc) is 3.50. The molecule has 31 heavy (non-hydrogen) atoms. The number of hydrogen-bond donors (Lipinski definition) is 0. The highest BCUT2D eigenvalue weighted by molar-refractivity contribution is 8.00. The second-order valence-electron chi connectivity index (χ2n) is 7.33. The molecule has 2 fully saturated rings. The molecular weight excluding hydrogens is 438 g/mol. The minimum atomic E-state index is -0.647. The fourth-order valence-corrected chi connectivity index (χ4v) is 5.95. The summed E-state index contributed by atoms with van der Waals surface area (Å²) in [5.41, 5.74) is 1.64. The van der Waals surface area contributed by atoms with Crippen LogP contribution in [0.2, 0.25) is 5.02 Å². The highest BCUT2D eigenvalue weighted by Crippen LogP contribution is 2.54. The van der Waals surface area contributed by atoms with Crippen LogP contribution in [0, 0.1) is 0 Å². The van der Waals surface area contributed by atoms with Crippen LogP contribution in [0.15, 0.2) is 59.0 Å². The largest absolute Gasteiger partial charge is 0.454 e. The van der Waals surface area contributed by atoms with E-state index in [9.17, 15) is 9.59 Å². The van der Waals surface area contributed by atoms with Crippen molar-refractivity contribution in [2.45, 2.75) is 30.4 Å². The summed E-state index contributed by atoms with van der Waals surface area (Å²) in [6, 6.07) is 16.3. The third kappa shape index (κ3) is 3.49. The minimum Gasteiger partial charge on any atom is -0.454 e. The molecule has 2 atom stereocenters. The van der Waals surface area contributed by atoms with Crippen LogP contribution in [0.4, 0.5) is 0 Å². The lowest BCUT2D eigenvalue weighted by molar-refractivity contribution is -0.155. The predicted molar refractivity (Wildman–Crippen MR) is 115 cm³/mol. The normalized spacial score (nSPS) is 22.5. The lowest BCUT2D eigenvalue weighted by atomic mass is 10.0. The van der Waals surface area contributed by atoms with Gasteiger partial charge in [0, 0.05) is 12.2 Å². The molecule has 7 nitrogen and oxygen atoms in total. The topological polar surface area (TPSA) is 85.5 Å². The summed E-state index contributed by atoms with van der Waals surface area (Å²) in [6.45, 7) is -0.169. The van der Waals surface area contributed by atoms with Crippen molar-refractivity contribution < 1.29 is 18.7 Å². The Morgan fingerprint density at radius 3 is 2.77 bits per heavy atom. The minimum absolute atomic E-state index is 0.0328. The summed E-state index contributed by atoms with van der Waals surface area (Å²) in [7, 11) is 0. The first-order valence-corrected chi connectivity index (χ1v) is 11.2. The number of halogens is 1. The van der Waals surface area contributed by atoms with Gasteiger partial charge in [-0.05, 0) is 24.1 Å². The Balaban J connectivity index is 1.30. The summed E-state index contributed by atoms with van der Waals surface area (Å²) >= 11 is 7.77. The molecule has 1 amide bonds. The van der Waals surface area contributed by atoms with Crippen molar-refractivity contribution in [1.82, 2.24) is 15.1 Å². The van der Waals surface area contributed by atoms with Crippen LogP contribution >= 0.6 is 23.4 Å². The molecule has 0 radical (unpaired) electrons. The van der Waals surface area contributed by atoms with E-state index in [0.717, 1.165) is 5.56 Å². The maximum atomic E-state index is 12.9. The van der Waals surface area contributed by atoms with Crippen LogP contribution in [0.25, 0.3) is 11.5 Å². The molecular formula is C22H18ClN3O4S. The molecule has 0 unspecified atom stereocenters. The maximum absolute atomic E-state index is 12.9. The van der Waals surface area contributed by atoms with E-state index in [1.54, 1.807) is 34.9 Å². The lowest BCUT2D eigenvalue weighted by Gasteiger charge is -2.33. The molecule has 0 N–H and O–H groups in total. The van der Waals surface area contributed by atoms with E-state index in [4.69, 9.17) is 20.8 Å². The average molecular weight is 456 g/mol. The monoisotopic (exact) mass is 455 g/mol. The highest BCUT2D eigenvalue weighted by atomic mass is 35.5. The molecule has 3 heterocycles. The Kier molecular flexibility index (Phi) is 5.19. The van der Waals surface area contributed by atoms with Crippen molar-refractivity contribution in [1.29, 1.82) is 0 Å². The van der Waals surface area contributed by atoms with Crippen molar-refractivity contribution in [2.75, 3.05) is 5.75 Å². The second-order valence-corrected chi connectivity index (χ2v) is 9.03. The van der Waals surface area contributed by atoms with Gasteiger partial charge in [0.1, 0.15) is 10.9 Å². The van der Waals surface area contributed by atoms with E-state index in [1.165, 1.54) is 0 Å². The van der Waals surface area contributed by atoms with Gasteiger partial charge >= 0.3 is 5.97 Å². The van der Waals surface area contributed by atoms with Crippen molar-refractivity contribution in [2.24, 2.45) is 0 Å². The Bertz CT molecular complexity index is 1140. The number of nitrogens with zero attached hydrogens (tertiary/aromatic N) is 3. The quantitative estimate of drug-likeness (QED) is 0.537. The van der Waals surface area contributed by atoms with Crippen LogP contribution < -0.4 is 0 Å². The Morgan fingerprint density at radius 1 is 1.19 bits per heavy atom. The van der Waals surface area contributed by atoms with Gasteiger partial charge in [-0.3, -0.25) is 4.79 Å². The molecule has 2 aliphatic heterocycles. The number of rotatable bonds is 5. The molecule has 158 valence electrons. The van der Waals surface area contributed by atoms with Crippen LogP contribution in [0.3, 0.4) is 0 Å². The van der Waals surface area contributed by atoms with E-state index in [2.05, 4.69) is 10.2 Å². The van der Waals surface area contributed by atoms with Crippen molar-refractivity contribution in [3.63, 3.8) is 0 Å². The second kappa shape index (κ2) is 8.01. The third-order valence-electron chi connectivity index (χ3n) is 5.53. The van der Waals surface area contributed by atoms with Crippen LogP contribution in [0.1, 0.15) is 24.3 Å². The number of carbonyl (C=O) groups excluding carboxylic acids is 2. The van der Waals surface area contributed by atoms with Crippen molar-refractivity contribution >= 4 is 35.2 Å². The van der Waals surface area contributed by atoms with Gasteiger partial charge in [0.05, 0.1) is 10.6 Å². The van der Waals surface area contributed by atoms with Gasteiger partial charge in [-0.1, -0.05) is 54.1 Å². The fraction of sp³-hybridized carbons (Fsp3) is 0.273. The van der Waals surface area contributed by atoms with Gasteiger partial charge < -0.3 is 14.1 Å². The van der Waals surface area contributed by atoms with E-state index < -0.39 is 16.9 Å². The van der Waals surface area contributed by atoms with Crippen molar-refractivity contribution in [3.05, 3.63) is 71.1 Å². The van der Waals surface area contributed by atoms with E-state index >= 15 is 0 Å². The fourth-order valence-electron chi connectivity index (χ4n) is 4.10. The number of amides is 1. The molecule has 0 saturated carbocycles. The van der Waals surface area contributed by atoms with Gasteiger partial charge in [-0.2, -0.15) is 0 Å². The van der Waals surface area contributed by atoms with Gasteiger partial charge in [0.25, 0.3) is 5.89 Å². The summed E-state index contributed by atoms with van der Waals surface area (Å²) in [5.74, 6) is 0.392. The Morgan fingerprint density at radius 2 is 1.97 bits per heavy atom. The van der Waals surface area contributed by atoms with E-state index in [-0.39, 0.29) is 24.3 Å². The number of hydrogen-bond acceptors (Lipinski definition) is 7. The molecule has 2 aliphatic rings. The number of ether oxygens (including phenoxy) is 1. The molecule has 1 aromatic heterocycles. The van der Waals surface area contributed by atoms with Crippen LogP contribution in [-0.2, 0) is 25.8 Å². The Labute approximate surface area is 187 Å². The van der Waals surface area contributed by atoms with Crippen molar-refractivity contribution in [3.8, 4) is 11.5 Å². The number of thioether (sulfide) groups is 1. The summed E-state index contributed by atoms with van der Waals surface area (Å²) in [5, 5.41) is 8.40. The highest BCUT2D eigenvalue weighted by Gasteiger charge is 2.57. The maximum Gasteiger partial charge on any atom is 0.330 e. The van der Waals surface area contributed by atoms with Gasteiger partial charge in [0.15, 0.2) is 6.61 Å². The van der Waals surface area contributed by atoms with Crippen LogP contribution in [-0.4, -0.2) is 38.8 Å². The molecule has 0 spiro atoms. The third-order valence-corrected chi connectivity index (χ3v) is 7.46. The lowest BCUT2D eigenvalue weighted by Crippen LogP contribution is -2.46. The number of fused-ring (bicyclic) bond motifs is 1. The molecule has 0 bridgehead atoms. The molecule has 2 aromatic carbocycles. The molecule has 9 heteroatoms. The van der Waals surface area contributed by atoms with Crippen LogP contribution in [0.5, 0.6) is 0 Å². The number of carbonyl (C=O) groups is 2. The van der Waals surface area contributed by atoms with Gasteiger partial charge in [0.2, 0.25) is 11.8 Å². The smallest absolute Gasteiger partial charge is 0.330 e. The number of aromatic nitrogens is 2. The van der Waals surface area contributed by atoms with E-state index in [0.29, 0.717) is 29.2 Å². The first-order valence-electron chi connectivity index (χ1n) is 9.84. The molecule has 2 saturated heterocycles. The first kappa shape index (κ1) is 20.1. The van der Waals surface area contributed by atoms with E-state index in [1.807, 2.05) is 36.4 Å². The first-order chi connectivity index (χ1) is 15.1. The molecule has 5 rings (SSSR count). The van der Waals surface area contributed by atoms with Gasteiger partial charge in [-0.25, -0.2) is 4.79 Å². The predicted octanol–water partition coefficient (Wildman–Crippen LogP) is 4.02. The SMILES string of the molecule is O=C(OCc1nnc(-c2ccccc2Cl)o1)[C@H]1CS[C@]2(c3ccccc3)CCC(=O)N12. The zero-order valence-corrected chi connectivity index (χ0v) is 17.9. The van der Waals surface area contributed by atoms with Gasteiger partial charge in [-0.15, -0.1) is 22.0 Å². The molecule has 0 aliphatic carbocycles. The standard InChI is InChI=1S/C22H18ClN3O4S/c23-16-9-5-4-8-15(16)20-25-24-18(30-20)12-29-21(28)17-13-31-22(11-10-19(27)26(17)22)14-6-2-1-3-7-14/h1-9,17H,10-13H2/t17-,22+/m1/s1. The summed E-state index contributed by atoms with van der Waals surface area (Å²) in [4.78, 5) is 26.7. The molecule has 3 aromatic rings. The number of esters is 1. The summed E-state index contributed by atoms with van der Waals surface area (Å²) in [6.07, 6.45) is 1.09. The summed E-state index contributed by atoms with van der Waals surface area (Å²) < 4.78 is 11.0. The zero-order chi connectivity index (χ0) is 21.4.